The fourth-order valence-electron chi connectivity index (χ4n) is 1.68. The van der Waals surface area contributed by atoms with Gasteiger partial charge in [0.25, 0.3) is 5.91 Å². The molecule has 3 nitrogen and oxygen atoms in total. The Balaban J connectivity index is 1.95. The summed E-state index contributed by atoms with van der Waals surface area (Å²) < 4.78 is 0. The molecule has 0 saturated heterocycles. The van der Waals surface area contributed by atoms with Gasteiger partial charge in [-0.3, -0.25) is 4.79 Å². The molecule has 92 valence electrons. The Bertz CT molecular complexity index is 403. The van der Waals surface area contributed by atoms with Gasteiger partial charge >= 0.3 is 0 Å². The van der Waals surface area contributed by atoms with Gasteiger partial charge in [-0.15, -0.1) is 11.3 Å². The van der Waals surface area contributed by atoms with Gasteiger partial charge in [-0.25, -0.2) is 0 Å². The van der Waals surface area contributed by atoms with E-state index in [-0.39, 0.29) is 5.91 Å². The number of hydrogen-bond donors (Lipinski definition) is 2. The molecule has 1 aromatic heterocycles. The van der Waals surface area contributed by atoms with E-state index in [9.17, 15) is 4.79 Å². The average molecular weight is 268 g/mol. The number of thioether (sulfide) groups is 1. The van der Waals surface area contributed by atoms with Gasteiger partial charge in [-0.1, -0.05) is 12.2 Å². The molecule has 0 bridgehead atoms. The molecule has 0 aliphatic carbocycles. The summed E-state index contributed by atoms with van der Waals surface area (Å²) >= 11 is 3.57. The number of hydrogen-bond acceptors (Lipinski definition) is 4. The van der Waals surface area contributed by atoms with Crippen molar-refractivity contribution >= 4 is 29.0 Å². The first-order chi connectivity index (χ1) is 8.31. The second kappa shape index (κ2) is 6.23. The zero-order valence-corrected chi connectivity index (χ0v) is 11.2. The summed E-state index contributed by atoms with van der Waals surface area (Å²) in [6, 6.07) is 2.04. The van der Waals surface area contributed by atoms with Crippen molar-refractivity contribution in [1.29, 1.82) is 0 Å². The normalized spacial score (nSPS) is 14.9. The second-order valence-electron chi connectivity index (χ2n) is 3.78. The maximum Gasteiger partial charge on any atom is 0.261 e. The zero-order chi connectivity index (χ0) is 12.1. The molecule has 0 radical (unpaired) electrons. The largest absolute Gasteiger partial charge is 0.348 e. The van der Waals surface area contributed by atoms with Crippen molar-refractivity contribution < 1.29 is 4.79 Å². The lowest BCUT2D eigenvalue weighted by molar-refractivity contribution is 0.0962. The predicted octanol–water partition coefficient (Wildman–Crippen LogP) is 1.78. The van der Waals surface area contributed by atoms with Crippen LogP contribution >= 0.6 is 23.1 Å². The van der Waals surface area contributed by atoms with E-state index in [4.69, 9.17) is 5.73 Å². The number of nitrogens with one attached hydrogen (secondary N) is 1. The van der Waals surface area contributed by atoms with Gasteiger partial charge in [0, 0.05) is 23.7 Å². The van der Waals surface area contributed by atoms with Gasteiger partial charge < -0.3 is 11.1 Å². The number of thiophene rings is 1. The summed E-state index contributed by atoms with van der Waals surface area (Å²) in [7, 11) is 0. The van der Waals surface area contributed by atoms with Crippen LogP contribution in [0.1, 0.15) is 20.1 Å². The maximum absolute atomic E-state index is 11.9. The van der Waals surface area contributed by atoms with Crippen LogP contribution in [-0.4, -0.2) is 24.7 Å². The highest BCUT2D eigenvalue weighted by Crippen LogP contribution is 2.31. The molecule has 0 saturated carbocycles. The van der Waals surface area contributed by atoms with Gasteiger partial charge in [0.05, 0.1) is 4.88 Å². The second-order valence-corrected chi connectivity index (χ2v) is 6.02. The van der Waals surface area contributed by atoms with Crippen LogP contribution in [-0.2, 0) is 12.2 Å². The van der Waals surface area contributed by atoms with Crippen molar-refractivity contribution in [2.75, 3.05) is 18.8 Å². The SMILES string of the molecule is NC/C=C/CNC(=O)c1cc2c(s1)CCSC2. The smallest absolute Gasteiger partial charge is 0.261 e. The molecular formula is C12H16N2OS2. The average Bonchev–Trinajstić information content (AvgIpc) is 2.78. The van der Waals surface area contributed by atoms with E-state index in [0.717, 1.165) is 17.1 Å². The van der Waals surface area contributed by atoms with Crippen molar-refractivity contribution in [3.05, 3.63) is 33.5 Å². The maximum atomic E-state index is 11.9. The quantitative estimate of drug-likeness (QED) is 0.819. The molecule has 5 heteroatoms. The highest BCUT2D eigenvalue weighted by Gasteiger charge is 2.16. The van der Waals surface area contributed by atoms with Crippen molar-refractivity contribution in [2.45, 2.75) is 12.2 Å². The van der Waals surface area contributed by atoms with Gasteiger partial charge in [0.15, 0.2) is 0 Å². The van der Waals surface area contributed by atoms with Gasteiger partial charge in [-0.05, 0) is 23.8 Å². The minimum absolute atomic E-state index is 0.0241. The Labute approximate surface area is 109 Å². The van der Waals surface area contributed by atoms with E-state index in [2.05, 4.69) is 5.32 Å². The van der Waals surface area contributed by atoms with Gasteiger partial charge in [0.2, 0.25) is 0 Å². The van der Waals surface area contributed by atoms with Crippen LogP contribution in [0.2, 0.25) is 0 Å². The summed E-state index contributed by atoms with van der Waals surface area (Å²) in [6.45, 7) is 1.06. The first-order valence-corrected chi connectivity index (χ1v) is 7.61. The molecular weight excluding hydrogens is 252 g/mol. The Hall–Kier alpha value is -0.780. The van der Waals surface area contributed by atoms with Crippen molar-refractivity contribution in [3.63, 3.8) is 0 Å². The van der Waals surface area contributed by atoms with E-state index in [1.165, 1.54) is 16.2 Å². The molecule has 1 aliphatic heterocycles. The summed E-state index contributed by atoms with van der Waals surface area (Å²) in [5.74, 6) is 2.25. The minimum atomic E-state index is 0.0241. The molecule has 0 spiro atoms. The molecule has 1 aliphatic rings. The number of carbonyl (C=O) groups excluding carboxylic acids is 1. The van der Waals surface area contributed by atoms with Crippen molar-refractivity contribution in [1.82, 2.24) is 5.32 Å². The van der Waals surface area contributed by atoms with Crippen molar-refractivity contribution in [2.24, 2.45) is 5.73 Å². The van der Waals surface area contributed by atoms with Crippen LogP contribution < -0.4 is 11.1 Å². The number of nitrogens with two attached hydrogens (primary N) is 1. The first kappa shape index (κ1) is 12.7. The summed E-state index contributed by atoms with van der Waals surface area (Å²) in [6.07, 6.45) is 4.82. The highest BCUT2D eigenvalue weighted by atomic mass is 32.2. The number of fused-ring (bicyclic) bond motifs is 1. The fourth-order valence-corrected chi connectivity index (χ4v) is 3.97. The Morgan fingerprint density at radius 3 is 3.18 bits per heavy atom. The molecule has 3 N–H and O–H groups in total. The van der Waals surface area contributed by atoms with E-state index in [1.54, 1.807) is 11.3 Å². The van der Waals surface area contributed by atoms with Gasteiger partial charge in [-0.2, -0.15) is 11.8 Å². The number of amides is 1. The standard InChI is InChI=1S/C12H16N2OS2/c13-4-1-2-5-14-12(15)11-7-9-8-16-6-3-10(9)17-11/h1-2,7H,3-6,8,13H2,(H,14,15)/b2-1+. The molecule has 1 aromatic rings. The van der Waals surface area contributed by atoms with Crippen LogP contribution in [0, 0.1) is 0 Å². The molecule has 0 fully saturated rings. The molecule has 1 amide bonds. The number of rotatable bonds is 4. The monoisotopic (exact) mass is 268 g/mol. The van der Waals surface area contributed by atoms with Crippen LogP contribution in [0.4, 0.5) is 0 Å². The lowest BCUT2D eigenvalue weighted by Crippen LogP contribution is -2.22. The summed E-state index contributed by atoms with van der Waals surface area (Å²) in [4.78, 5) is 14.1. The summed E-state index contributed by atoms with van der Waals surface area (Å²) in [5, 5.41) is 2.87. The fraction of sp³-hybridized carbons (Fsp3) is 0.417. The third kappa shape index (κ3) is 3.34. The number of aryl methyl sites for hydroxylation is 1. The van der Waals surface area contributed by atoms with Crippen LogP contribution in [0.5, 0.6) is 0 Å². The summed E-state index contributed by atoms with van der Waals surface area (Å²) in [5.41, 5.74) is 6.66. The Morgan fingerprint density at radius 1 is 1.53 bits per heavy atom. The van der Waals surface area contributed by atoms with Crippen LogP contribution in [0.15, 0.2) is 18.2 Å². The first-order valence-electron chi connectivity index (χ1n) is 5.64. The Kier molecular flexibility index (Phi) is 4.65. The topological polar surface area (TPSA) is 55.1 Å². The molecule has 0 unspecified atom stereocenters. The third-order valence-electron chi connectivity index (χ3n) is 2.53. The van der Waals surface area contributed by atoms with E-state index in [1.807, 2.05) is 30.0 Å². The highest BCUT2D eigenvalue weighted by molar-refractivity contribution is 7.98. The molecule has 2 heterocycles. The molecule has 17 heavy (non-hydrogen) atoms. The molecule has 0 atom stereocenters. The van der Waals surface area contributed by atoms with Crippen LogP contribution in [0.25, 0.3) is 0 Å². The lowest BCUT2D eigenvalue weighted by atomic mass is 10.2. The van der Waals surface area contributed by atoms with E-state index in [0.29, 0.717) is 13.1 Å². The lowest BCUT2D eigenvalue weighted by Gasteiger charge is -2.08. The zero-order valence-electron chi connectivity index (χ0n) is 9.57. The van der Waals surface area contributed by atoms with E-state index >= 15 is 0 Å². The van der Waals surface area contributed by atoms with Crippen molar-refractivity contribution in [3.8, 4) is 0 Å². The Morgan fingerprint density at radius 2 is 2.41 bits per heavy atom. The van der Waals surface area contributed by atoms with Crippen LogP contribution in [0.3, 0.4) is 0 Å². The molecule has 0 aromatic carbocycles. The minimum Gasteiger partial charge on any atom is -0.348 e. The third-order valence-corrected chi connectivity index (χ3v) is 4.78. The molecule has 2 rings (SSSR count). The number of carbonyl (C=O) groups is 1. The van der Waals surface area contributed by atoms with E-state index < -0.39 is 0 Å². The van der Waals surface area contributed by atoms with Gasteiger partial charge in [0.1, 0.15) is 0 Å². The predicted molar refractivity (Wildman–Crippen MR) is 74.7 cm³/mol.